The van der Waals surface area contributed by atoms with Gasteiger partial charge in [-0.25, -0.2) is 0 Å². The molecule has 0 N–H and O–H groups in total. The van der Waals surface area contributed by atoms with Crippen LogP contribution in [0.5, 0.6) is 0 Å². The van der Waals surface area contributed by atoms with Crippen LogP contribution in [0.1, 0.15) is 51.9 Å². The van der Waals surface area contributed by atoms with Crippen LogP contribution in [0.2, 0.25) is 0 Å². The minimum Gasteiger partial charge on any atom is -0.295 e. The Morgan fingerprint density at radius 1 is 1.14 bits per heavy atom. The van der Waals surface area contributed by atoms with Crippen molar-refractivity contribution in [3.8, 4) is 0 Å². The van der Waals surface area contributed by atoms with Crippen LogP contribution >= 0.6 is 0 Å². The minimum atomic E-state index is 0.283. The molecule has 22 heavy (non-hydrogen) atoms. The highest BCUT2D eigenvalue weighted by Crippen LogP contribution is 2.73. The smallest absolute Gasteiger partial charge is 0.155 e. The maximum absolute atomic E-state index is 11.9. The van der Waals surface area contributed by atoms with E-state index in [4.69, 9.17) is 4.99 Å². The predicted molar refractivity (Wildman–Crippen MR) is 85.7 cm³/mol. The van der Waals surface area contributed by atoms with Gasteiger partial charge < -0.3 is 0 Å². The third-order valence-electron chi connectivity index (χ3n) is 8.78. The average Bonchev–Trinajstić information content (AvgIpc) is 3.39. The first-order valence-electron chi connectivity index (χ1n) is 9.44. The van der Waals surface area contributed by atoms with Gasteiger partial charge in [0.15, 0.2) is 5.78 Å². The average molecular weight is 295 g/mol. The molecule has 6 aliphatic rings. The van der Waals surface area contributed by atoms with Gasteiger partial charge in [0.1, 0.15) is 5.54 Å². The Morgan fingerprint density at radius 2 is 2.00 bits per heavy atom. The lowest BCUT2D eigenvalue weighted by molar-refractivity contribution is -0.116. The van der Waals surface area contributed by atoms with Gasteiger partial charge in [0.25, 0.3) is 0 Å². The molecule has 0 aromatic carbocycles. The molecule has 0 aromatic rings. The zero-order valence-corrected chi connectivity index (χ0v) is 13.4. The Kier molecular flexibility index (Phi) is 2.04. The molecule has 0 amide bonds. The number of allylic oxidation sites excluding steroid dienone is 1. The van der Waals surface area contributed by atoms with E-state index in [2.05, 4.69) is 19.2 Å². The molecule has 4 saturated carbocycles. The summed E-state index contributed by atoms with van der Waals surface area (Å²) in [5, 5.41) is 0. The molecule has 1 aliphatic heterocycles. The number of hydrogen-bond donors (Lipinski definition) is 0. The van der Waals surface area contributed by atoms with Gasteiger partial charge in [-0.1, -0.05) is 12.5 Å². The summed E-state index contributed by atoms with van der Waals surface area (Å²) in [7, 11) is 0. The van der Waals surface area contributed by atoms with Crippen molar-refractivity contribution in [3.05, 3.63) is 11.6 Å². The van der Waals surface area contributed by atoms with Crippen molar-refractivity contribution in [2.24, 2.45) is 45.9 Å². The Balaban J connectivity index is 1.40. The molecule has 8 atom stereocenters. The summed E-state index contributed by atoms with van der Waals surface area (Å²) in [5.41, 5.74) is 2.33. The number of fused-ring (bicyclic) bond motifs is 9. The van der Waals surface area contributed by atoms with Crippen molar-refractivity contribution in [1.82, 2.24) is 0 Å². The molecule has 6 rings (SSSR count). The van der Waals surface area contributed by atoms with Gasteiger partial charge in [-0.15, -0.1) is 0 Å². The van der Waals surface area contributed by atoms with Gasteiger partial charge >= 0.3 is 0 Å². The standard InChI is InChI=1S/C20H25NO/c1-19-6-4-13-12-3-2-11(22)8-14(12)15-9-16(15)18(13)17(19)5-7-20(19)10-21-20/h8,10,12-13,15-18H,2-7,9H2,1H3/t12-,13-,15+,16+,17+,18+,19+,20-/m1/s1. The van der Waals surface area contributed by atoms with Crippen LogP contribution in [0.15, 0.2) is 16.6 Å². The lowest BCUT2D eigenvalue weighted by Crippen LogP contribution is -2.50. The third kappa shape index (κ3) is 1.27. The molecule has 0 unspecified atom stereocenters. The Bertz CT molecular complexity index is 640. The first kappa shape index (κ1) is 12.5. The molecule has 1 spiro atoms. The number of ketones is 1. The normalized spacial score (nSPS) is 60.2. The molecule has 4 fully saturated rings. The van der Waals surface area contributed by atoms with E-state index in [0.29, 0.717) is 11.2 Å². The van der Waals surface area contributed by atoms with Crippen LogP contribution in [0.3, 0.4) is 0 Å². The summed E-state index contributed by atoms with van der Waals surface area (Å²) < 4.78 is 0. The monoisotopic (exact) mass is 295 g/mol. The second-order valence-corrected chi connectivity index (χ2v) is 9.29. The fourth-order valence-electron chi connectivity index (χ4n) is 7.56. The number of nitrogens with zero attached hydrogens (tertiary/aromatic N) is 1. The van der Waals surface area contributed by atoms with Crippen molar-refractivity contribution >= 4 is 12.0 Å². The molecule has 1 heterocycles. The second-order valence-electron chi connectivity index (χ2n) is 9.29. The molecule has 0 saturated heterocycles. The molecule has 0 bridgehead atoms. The van der Waals surface area contributed by atoms with Crippen LogP contribution in [0, 0.1) is 40.9 Å². The zero-order chi connectivity index (χ0) is 14.7. The number of rotatable bonds is 0. The van der Waals surface area contributed by atoms with Crippen LogP contribution in [0.25, 0.3) is 0 Å². The molecule has 2 heteroatoms. The van der Waals surface area contributed by atoms with E-state index in [9.17, 15) is 4.79 Å². The van der Waals surface area contributed by atoms with E-state index < -0.39 is 0 Å². The van der Waals surface area contributed by atoms with E-state index >= 15 is 0 Å². The van der Waals surface area contributed by atoms with Gasteiger partial charge in [-0.3, -0.25) is 9.79 Å². The van der Waals surface area contributed by atoms with Gasteiger partial charge in [0.05, 0.1) is 0 Å². The highest BCUT2D eigenvalue weighted by Gasteiger charge is 2.69. The summed E-state index contributed by atoms with van der Waals surface area (Å²) in [6.45, 7) is 2.56. The number of carbonyl (C=O) groups excluding carboxylic acids is 1. The second kappa shape index (κ2) is 3.60. The Morgan fingerprint density at radius 3 is 2.82 bits per heavy atom. The molecule has 116 valence electrons. The van der Waals surface area contributed by atoms with E-state index in [0.717, 1.165) is 48.3 Å². The van der Waals surface area contributed by atoms with Crippen molar-refractivity contribution in [1.29, 1.82) is 0 Å². The van der Waals surface area contributed by atoms with Crippen LogP contribution in [-0.2, 0) is 4.79 Å². The molecule has 5 aliphatic carbocycles. The van der Waals surface area contributed by atoms with Crippen molar-refractivity contribution < 1.29 is 4.79 Å². The maximum Gasteiger partial charge on any atom is 0.155 e. The highest BCUT2D eigenvalue weighted by molar-refractivity contribution is 5.91. The SMILES string of the molecule is C[C@]12CC[C@H]3[C@@H]([C@H]4C[C@H]4C4=CC(=O)CC[C@@H]43)[C@@H]1CC[C@@]21C=N1. The largest absolute Gasteiger partial charge is 0.295 e. The first-order chi connectivity index (χ1) is 10.6. The highest BCUT2D eigenvalue weighted by atomic mass is 16.1. The number of carbonyl (C=O) groups is 1. The van der Waals surface area contributed by atoms with Crippen molar-refractivity contribution in [2.75, 3.05) is 0 Å². The lowest BCUT2D eigenvalue weighted by Gasteiger charge is -2.53. The minimum absolute atomic E-state index is 0.283. The number of aliphatic imine (C=N–C) groups is 1. The van der Waals surface area contributed by atoms with E-state index in [1.165, 1.54) is 32.1 Å². The van der Waals surface area contributed by atoms with Crippen LogP contribution in [0.4, 0.5) is 0 Å². The van der Waals surface area contributed by atoms with Gasteiger partial charge in [0.2, 0.25) is 0 Å². The Labute approximate surface area is 132 Å². The van der Waals surface area contributed by atoms with E-state index in [1.54, 1.807) is 5.57 Å². The molecular formula is C20H25NO. The van der Waals surface area contributed by atoms with Crippen LogP contribution in [-0.4, -0.2) is 17.5 Å². The molecule has 2 nitrogen and oxygen atoms in total. The topological polar surface area (TPSA) is 29.4 Å². The third-order valence-corrected chi connectivity index (χ3v) is 8.78. The molecular weight excluding hydrogens is 270 g/mol. The van der Waals surface area contributed by atoms with Gasteiger partial charge in [-0.05, 0) is 80.1 Å². The van der Waals surface area contributed by atoms with Crippen molar-refractivity contribution in [2.45, 2.75) is 57.4 Å². The lowest BCUT2D eigenvalue weighted by atomic mass is 9.51. The summed E-state index contributed by atoms with van der Waals surface area (Å²) in [6.07, 6.45) is 13.2. The van der Waals surface area contributed by atoms with E-state index in [-0.39, 0.29) is 5.54 Å². The van der Waals surface area contributed by atoms with Gasteiger partial charge in [0, 0.05) is 18.1 Å². The summed E-state index contributed by atoms with van der Waals surface area (Å²) in [6, 6.07) is 0. The summed E-state index contributed by atoms with van der Waals surface area (Å²) in [4.78, 5) is 16.7. The fraction of sp³-hybridized carbons (Fsp3) is 0.800. The van der Waals surface area contributed by atoms with Gasteiger partial charge in [-0.2, -0.15) is 0 Å². The molecule has 0 radical (unpaired) electrons. The zero-order valence-electron chi connectivity index (χ0n) is 13.4. The first-order valence-corrected chi connectivity index (χ1v) is 9.44. The van der Waals surface area contributed by atoms with Crippen LogP contribution < -0.4 is 0 Å². The van der Waals surface area contributed by atoms with E-state index in [1.807, 2.05) is 0 Å². The summed E-state index contributed by atoms with van der Waals surface area (Å²) in [5.74, 6) is 5.60. The Hall–Kier alpha value is -0.920. The maximum atomic E-state index is 11.9. The predicted octanol–water partition coefficient (Wildman–Crippen LogP) is 3.81. The van der Waals surface area contributed by atoms with Crippen molar-refractivity contribution in [3.63, 3.8) is 0 Å². The quantitative estimate of drug-likeness (QED) is 0.668. The summed E-state index contributed by atoms with van der Waals surface area (Å²) >= 11 is 0. The number of hydrogen-bond acceptors (Lipinski definition) is 2. The molecule has 0 aromatic heterocycles. The fourth-order valence-corrected chi connectivity index (χ4v) is 7.56.